The van der Waals surface area contributed by atoms with Crippen LogP contribution in [0.15, 0.2) is 46.9 Å². The SMILES string of the molecule is COc1ccn(C2=C(C)C(C)(C)Oc3ccc(C#N)cc32)c(=O)c1. The summed E-state index contributed by atoms with van der Waals surface area (Å²) in [5.41, 5.74) is 2.15. The van der Waals surface area contributed by atoms with Gasteiger partial charge in [-0.3, -0.25) is 9.36 Å². The summed E-state index contributed by atoms with van der Waals surface area (Å²) in [6.45, 7) is 5.85. The normalized spacial score (nSPS) is 15.3. The minimum absolute atomic E-state index is 0.199. The Bertz CT molecular complexity index is 946. The van der Waals surface area contributed by atoms with E-state index < -0.39 is 5.60 Å². The minimum atomic E-state index is -0.560. The molecule has 0 atom stereocenters. The first-order chi connectivity index (χ1) is 11.4. The van der Waals surface area contributed by atoms with Gasteiger partial charge in [-0.25, -0.2) is 0 Å². The second kappa shape index (κ2) is 5.57. The lowest BCUT2D eigenvalue weighted by molar-refractivity contribution is 0.143. The van der Waals surface area contributed by atoms with Crippen molar-refractivity contribution >= 4 is 5.70 Å². The Morgan fingerprint density at radius 1 is 1.25 bits per heavy atom. The van der Waals surface area contributed by atoms with Crippen molar-refractivity contribution in [2.45, 2.75) is 26.4 Å². The molecular formula is C19H18N2O3. The maximum atomic E-state index is 12.6. The fourth-order valence-corrected chi connectivity index (χ4v) is 2.80. The van der Waals surface area contributed by atoms with Crippen molar-refractivity contribution in [2.24, 2.45) is 0 Å². The van der Waals surface area contributed by atoms with E-state index in [2.05, 4.69) is 6.07 Å². The summed E-state index contributed by atoms with van der Waals surface area (Å²) in [6.07, 6.45) is 1.68. The number of benzene rings is 1. The summed E-state index contributed by atoms with van der Waals surface area (Å²) in [5, 5.41) is 9.20. The smallest absolute Gasteiger partial charge is 0.258 e. The van der Waals surface area contributed by atoms with E-state index in [-0.39, 0.29) is 5.56 Å². The van der Waals surface area contributed by atoms with Crippen LogP contribution >= 0.6 is 0 Å². The summed E-state index contributed by atoms with van der Waals surface area (Å²) in [4.78, 5) is 12.6. The summed E-state index contributed by atoms with van der Waals surface area (Å²) >= 11 is 0. The van der Waals surface area contributed by atoms with Crippen molar-refractivity contribution in [1.82, 2.24) is 4.57 Å². The first-order valence-corrected chi connectivity index (χ1v) is 7.59. The molecule has 1 aromatic heterocycles. The number of ether oxygens (including phenoxy) is 2. The first-order valence-electron chi connectivity index (χ1n) is 7.59. The van der Waals surface area contributed by atoms with Crippen molar-refractivity contribution in [3.63, 3.8) is 0 Å². The van der Waals surface area contributed by atoms with E-state index >= 15 is 0 Å². The molecule has 0 aliphatic carbocycles. The molecule has 0 bridgehead atoms. The number of pyridine rings is 1. The summed E-state index contributed by atoms with van der Waals surface area (Å²) < 4.78 is 12.7. The van der Waals surface area contributed by atoms with Crippen LogP contribution in [-0.2, 0) is 0 Å². The number of hydrogen-bond donors (Lipinski definition) is 0. The quantitative estimate of drug-likeness (QED) is 0.852. The Hall–Kier alpha value is -3.00. The van der Waals surface area contributed by atoms with Crippen LogP contribution in [0.1, 0.15) is 31.9 Å². The van der Waals surface area contributed by atoms with Crippen LogP contribution in [0.2, 0.25) is 0 Å². The molecule has 3 rings (SSSR count). The molecule has 1 aliphatic heterocycles. The van der Waals surface area contributed by atoms with Gasteiger partial charge in [-0.15, -0.1) is 0 Å². The van der Waals surface area contributed by atoms with Gasteiger partial charge in [0.2, 0.25) is 0 Å². The molecule has 1 aliphatic rings. The highest BCUT2D eigenvalue weighted by atomic mass is 16.5. The van der Waals surface area contributed by atoms with Crippen molar-refractivity contribution in [1.29, 1.82) is 5.26 Å². The molecule has 2 aromatic rings. The molecule has 1 aromatic carbocycles. The predicted octanol–water partition coefficient (Wildman–Crippen LogP) is 3.18. The van der Waals surface area contributed by atoms with Gasteiger partial charge in [0, 0.05) is 17.8 Å². The molecule has 0 amide bonds. The van der Waals surface area contributed by atoms with E-state index in [9.17, 15) is 10.1 Å². The van der Waals surface area contributed by atoms with Crippen LogP contribution in [0, 0.1) is 11.3 Å². The highest BCUT2D eigenvalue weighted by molar-refractivity contribution is 5.77. The average molecular weight is 322 g/mol. The van der Waals surface area contributed by atoms with Crippen LogP contribution in [0.5, 0.6) is 11.5 Å². The monoisotopic (exact) mass is 322 g/mol. The Balaban J connectivity index is 2.32. The average Bonchev–Trinajstić information content (AvgIpc) is 2.56. The van der Waals surface area contributed by atoms with E-state index in [1.807, 2.05) is 20.8 Å². The van der Waals surface area contributed by atoms with Gasteiger partial charge in [0.15, 0.2) is 0 Å². The number of hydrogen-bond acceptors (Lipinski definition) is 4. The number of aromatic nitrogens is 1. The van der Waals surface area contributed by atoms with Crippen LogP contribution in [0.3, 0.4) is 0 Å². The van der Waals surface area contributed by atoms with Gasteiger partial charge < -0.3 is 9.47 Å². The molecule has 0 N–H and O–H groups in total. The minimum Gasteiger partial charge on any atom is -0.497 e. The fraction of sp³-hybridized carbons (Fsp3) is 0.263. The van der Waals surface area contributed by atoms with Crippen molar-refractivity contribution in [3.8, 4) is 17.6 Å². The lowest BCUT2D eigenvalue weighted by Gasteiger charge is -2.36. The Labute approximate surface area is 140 Å². The molecule has 24 heavy (non-hydrogen) atoms. The highest BCUT2D eigenvalue weighted by Crippen LogP contribution is 2.41. The zero-order valence-electron chi connectivity index (χ0n) is 14.1. The predicted molar refractivity (Wildman–Crippen MR) is 91.1 cm³/mol. The van der Waals surface area contributed by atoms with Crippen LogP contribution in [-0.4, -0.2) is 17.3 Å². The molecule has 0 unspecified atom stereocenters. The topological polar surface area (TPSA) is 64.2 Å². The van der Waals surface area contributed by atoms with Gasteiger partial charge in [0.1, 0.15) is 17.1 Å². The molecule has 5 heteroatoms. The summed E-state index contributed by atoms with van der Waals surface area (Å²) in [7, 11) is 1.52. The molecule has 0 spiro atoms. The van der Waals surface area contributed by atoms with Crippen molar-refractivity contribution in [2.75, 3.05) is 7.11 Å². The molecule has 2 heterocycles. The lowest BCUT2D eigenvalue weighted by atomic mass is 9.90. The van der Waals surface area contributed by atoms with E-state index in [1.165, 1.54) is 13.2 Å². The number of rotatable bonds is 2. The second-order valence-electron chi connectivity index (χ2n) is 6.18. The number of nitriles is 1. The lowest BCUT2D eigenvalue weighted by Crippen LogP contribution is -2.36. The molecular weight excluding hydrogens is 304 g/mol. The third kappa shape index (κ3) is 2.46. The zero-order valence-corrected chi connectivity index (χ0v) is 14.1. The van der Waals surface area contributed by atoms with Gasteiger partial charge in [-0.05, 0) is 50.6 Å². The van der Waals surface area contributed by atoms with Crippen LogP contribution in [0.4, 0.5) is 0 Å². The van der Waals surface area contributed by atoms with E-state index in [4.69, 9.17) is 9.47 Å². The summed E-state index contributed by atoms with van der Waals surface area (Å²) in [6, 6.07) is 10.5. The third-order valence-electron chi connectivity index (χ3n) is 4.35. The molecule has 5 nitrogen and oxygen atoms in total. The Morgan fingerprint density at radius 3 is 2.62 bits per heavy atom. The number of methoxy groups -OCH3 is 1. The standard InChI is InChI=1S/C19H18N2O3/c1-12-18(21-8-7-14(23-4)10-17(21)22)15-9-13(11-20)5-6-16(15)24-19(12,2)3/h5-10H,1-4H3. The molecule has 0 radical (unpaired) electrons. The van der Waals surface area contributed by atoms with Gasteiger partial charge in [0.05, 0.1) is 24.4 Å². The van der Waals surface area contributed by atoms with Crippen LogP contribution < -0.4 is 15.0 Å². The van der Waals surface area contributed by atoms with Gasteiger partial charge in [-0.2, -0.15) is 5.26 Å². The first kappa shape index (κ1) is 15.9. The maximum absolute atomic E-state index is 12.6. The van der Waals surface area contributed by atoms with Gasteiger partial charge >= 0.3 is 0 Å². The number of fused-ring (bicyclic) bond motifs is 1. The van der Waals surface area contributed by atoms with E-state index in [0.717, 1.165) is 16.8 Å². The van der Waals surface area contributed by atoms with Crippen molar-refractivity contribution < 1.29 is 9.47 Å². The van der Waals surface area contributed by atoms with E-state index in [1.54, 1.807) is 35.0 Å². The molecule has 122 valence electrons. The zero-order chi connectivity index (χ0) is 17.5. The van der Waals surface area contributed by atoms with Gasteiger partial charge in [0.25, 0.3) is 5.56 Å². The molecule has 0 fully saturated rings. The molecule has 0 saturated carbocycles. The Kier molecular flexibility index (Phi) is 3.69. The Morgan fingerprint density at radius 2 is 2.00 bits per heavy atom. The van der Waals surface area contributed by atoms with Crippen molar-refractivity contribution in [3.05, 3.63) is 63.6 Å². The maximum Gasteiger partial charge on any atom is 0.258 e. The third-order valence-corrected chi connectivity index (χ3v) is 4.35. The van der Waals surface area contributed by atoms with E-state index in [0.29, 0.717) is 17.1 Å². The van der Waals surface area contributed by atoms with Crippen LogP contribution in [0.25, 0.3) is 5.70 Å². The molecule has 0 saturated heterocycles. The summed E-state index contributed by atoms with van der Waals surface area (Å²) in [5.74, 6) is 1.16. The van der Waals surface area contributed by atoms with Gasteiger partial charge in [-0.1, -0.05) is 0 Å². The second-order valence-corrected chi connectivity index (χ2v) is 6.18. The highest BCUT2D eigenvalue weighted by Gasteiger charge is 2.33. The number of nitrogens with zero attached hydrogens (tertiary/aromatic N) is 2. The largest absolute Gasteiger partial charge is 0.497 e. The fourth-order valence-electron chi connectivity index (χ4n) is 2.80.